The van der Waals surface area contributed by atoms with Crippen molar-refractivity contribution in [2.45, 2.75) is 46.3 Å². The number of aryl methyl sites for hydroxylation is 1. The Bertz CT molecular complexity index is 710. The van der Waals surface area contributed by atoms with Crippen LogP contribution in [0.1, 0.15) is 43.4 Å². The topological polar surface area (TPSA) is 101 Å². The fourth-order valence-electron chi connectivity index (χ4n) is 2.13. The van der Waals surface area contributed by atoms with Gasteiger partial charge in [0.15, 0.2) is 5.82 Å². The molecule has 1 aromatic carbocycles. The molecule has 3 N–H and O–H groups in total. The third-order valence-corrected chi connectivity index (χ3v) is 3.84. The first-order valence-corrected chi connectivity index (χ1v) is 8.36. The lowest BCUT2D eigenvalue weighted by Crippen LogP contribution is -2.32. The van der Waals surface area contributed by atoms with Crippen LogP contribution in [-0.4, -0.2) is 32.7 Å². The van der Waals surface area contributed by atoms with Crippen molar-refractivity contribution in [3.63, 3.8) is 0 Å². The minimum Gasteiger partial charge on any atom is -0.350 e. The Hall–Kier alpha value is -2.90. The zero-order chi connectivity index (χ0) is 18.2. The molecule has 1 atom stereocenters. The standard InChI is InChI=1S/C17H24N6O2/c1-4-12(3)20-16(24)13-6-8-14(9-7-13)21-17(25)18-10-15-22-19-11-23(15)5-2/h6-9,11-12H,4-5,10H2,1-3H3,(H,20,24)(H2,18,21,25)/t12-/m0/s1. The summed E-state index contributed by atoms with van der Waals surface area (Å²) in [5.41, 5.74) is 1.16. The number of urea groups is 1. The van der Waals surface area contributed by atoms with E-state index in [2.05, 4.69) is 26.1 Å². The van der Waals surface area contributed by atoms with Crippen LogP contribution in [-0.2, 0) is 13.1 Å². The highest BCUT2D eigenvalue weighted by molar-refractivity contribution is 5.95. The van der Waals surface area contributed by atoms with Gasteiger partial charge in [-0.05, 0) is 44.5 Å². The molecule has 0 saturated carbocycles. The van der Waals surface area contributed by atoms with Gasteiger partial charge in [-0.15, -0.1) is 10.2 Å². The summed E-state index contributed by atoms with van der Waals surface area (Å²) in [5, 5.41) is 16.1. The van der Waals surface area contributed by atoms with Gasteiger partial charge in [-0.1, -0.05) is 6.92 Å². The van der Waals surface area contributed by atoms with E-state index in [0.717, 1.165) is 13.0 Å². The zero-order valence-electron chi connectivity index (χ0n) is 14.7. The van der Waals surface area contributed by atoms with Crippen LogP contribution in [0.15, 0.2) is 30.6 Å². The van der Waals surface area contributed by atoms with Crippen molar-refractivity contribution in [3.05, 3.63) is 42.0 Å². The molecule has 3 amide bonds. The quantitative estimate of drug-likeness (QED) is 0.716. The molecule has 0 spiro atoms. The second-order valence-electron chi connectivity index (χ2n) is 5.70. The van der Waals surface area contributed by atoms with E-state index in [-0.39, 0.29) is 24.5 Å². The molecule has 0 radical (unpaired) electrons. The highest BCUT2D eigenvalue weighted by Gasteiger charge is 2.09. The lowest BCUT2D eigenvalue weighted by atomic mass is 10.1. The monoisotopic (exact) mass is 344 g/mol. The number of aromatic nitrogens is 3. The number of carbonyl (C=O) groups excluding carboxylic acids is 2. The first kappa shape index (κ1) is 18.4. The van der Waals surface area contributed by atoms with Crippen molar-refractivity contribution in [2.24, 2.45) is 0 Å². The van der Waals surface area contributed by atoms with Crippen molar-refractivity contribution in [2.75, 3.05) is 5.32 Å². The van der Waals surface area contributed by atoms with Gasteiger partial charge in [0, 0.05) is 23.8 Å². The van der Waals surface area contributed by atoms with Gasteiger partial charge in [0.05, 0.1) is 6.54 Å². The summed E-state index contributed by atoms with van der Waals surface area (Å²) in [6, 6.07) is 6.53. The van der Waals surface area contributed by atoms with E-state index >= 15 is 0 Å². The molecule has 2 aromatic rings. The van der Waals surface area contributed by atoms with Crippen molar-refractivity contribution in [1.82, 2.24) is 25.4 Å². The summed E-state index contributed by atoms with van der Waals surface area (Å²) in [5.74, 6) is 0.568. The van der Waals surface area contributed by atoms with E-state index in [1.165, 1.54) is 0 Å². The number of benzene rings is 1. The van der Waals surface area contributed by atoms with Crippen LogP contribution in [0.2, 0.25) is 0 Å². The molecule has 0 saturated heterocycles. The Morgan fingerprint density at radius 2 is 1.92 bits per heavy atom. The lowest BCUT2D eigenvalue weighted by molar-refractivity contribution is 0.0939. The molecule has 0 aliphatic carbocycles. The molecule has 0 bridgehead atoms. The molecule has 134 valence electrons. The summed E-state index contributed by atoms with van der Waals surface area (Å²) >= 11 is 0. The van der Waals surface area contributed by atoms with Gasteiger partial charge in [-0.25, -0.2) is 4.79 Å². The number of amides is 3. The number of anilines is 1. The minimum absolute atomic E-state index is 0.121. The maximum atomic E-state index is 12.0. The smallest absolute Gasteiger partial charge is 0.319 e. The lowest BCUT2D eigenvalue weighted by Gasteiger charge is -2.12. The van der Waals surface area contributed by atoms with Crippen molar-refractivity contribution in [3.8, 4) is 0 Å². The molecule has 0 unspecified atom stereocenters. The average molecular weight is 344 g/mol. The molecule has 1 heterocycles. The van der Waals surface area contributed by atoms with E-state index < -0.39 is 0 Å². The van der Waals surface area contributed by atoms with E-state index in [0.29, 0.717) is 17.1 Å². The molecule has 8 nitrogen and oxygen atoms in total. The fraction of sp³-hybridized carbons (Fsp3) is 0.412. The summed E-state index contributed by atoms with van der Waals surface area (Å²) in [4.78, 5) is 24.0. The van der Waals surface area contributed by atoms with E-state index in [9.17, 15) is 9.59 Å². The van der Waals surface area contributed by atoms with Gasteiger partial charge in [-0.2, -0.15) is 0 Å². The van der Waals surface area contributed by atoms with Gasteiger partial charge in [0.1, 0.15) is 6.33 Å². The highest BCUT2D eigenvalue weighted by Crippen LogP contribution is 2.10. The Morgan fingerprint density at radius 1 is 1.20 bits per heavy atom. The molecule has 2 rings (SSSR count). The van der Waals surface area contributed by atoms with E-state index in [1.54, 1.807) is 30.6 Å². The molecule has 0 aliphatic rings. The minimum atomic E-state index is -0.345. The predicted molar refractivity (Wildman–Crippen MR) is 95.2 cm³/mol. The van der Waals surface area contributed by atoms with Gasteiger partial charge < -0.3 is 20.5 Å². The third kappa shape index (κ3) is 5.30. The number of rotatable bonds is 7. The second kappa shape index (κ2) is 8.81. The van der Waals surface area contributed by atoms with Crippen molar-refractivity contribution >= 4 is 17.6 Å². The fourth-order valence-corrected chi connectivity index (χ4v) is 2.13. The average Bonchev–Trinajstić information content (AvgIpc) is 3.08. The first-order valence-electron chi connectivity index (χ1n) is 8.36. The molecule has 8 heteroatoms. The summed E-state index contributed by atoms with van der Waals surface area (Å²) in [7, 11) is 0. The predicted octanol–water partition coefficient (Wildman–Crippen LogP) is 2.15. The maximum Gasteiger partial charge on any atom is 0.319 e. The zero-order valence-corrected chi connectivity index (χ0v) is 14.7. The van der Waals surface area contributed by atoms with Crippen LogP contribution in [0.25, 0.3) is 0 Å². The van der Waals surface area contributed by atoms with Crippen molar-refractivity contribution in [1.29, 1.82) is 0 Å². The molecule has 25 heavy (non-hydrogen) atoms. The Morgan fingerprint density at radius 3 is 2.56 bits per heavy atom. The highest BCUT2D eigenvalue weighted by atomic mass is 16.2. The van der Waals surface area contributed by atoms with Crippen LogP contribution >= 0.6 is 0 Å². The van der Waals surface area contributed by atoms with Crippen LogP contribution < -0.4 is 16.0 Å². The SMILES string of the molecule is CC[C@H](C)NC(=O)c1ccc(NC(=O)NCc2nncn2CC)cc1. The third-order valence-electron chi connectivity index (χ3n) is 3.84. The van der Waals surface area contributed by atoms with Crippen LogP contribution in [0.3, 0.4) is 0 Å². The maximum absolute atomic E-state index is 12.0. The number of nitrogens with zero attached hydrogens (tertiary/aromatic N) is 3. The Kier molecular flexibility index (Phi) is 6.50. The molecular weight excluding hydrogens is 320 g/mol. The van der Waals surface area contributed by atoms with Crippen LogP contribution in [0.4, 0.5) is 10.5 Å². The number of hydrogen-bond acceptors (Lipinski definition) is 4. The Balaban J connectivity index is 1.86. The number of hydrogen-bond donors (Lipinski definition) is 3. The largest absolute Gasteiger partial charge is 0.350 e. The summed E-state index contributed by atoms with van der Waals surface area (Å²) < 4.78 is 1.85. The normalized spacial score (nSPS) is 11.6. The molecule has 0 aliphatic heterocycles. The number of nitrogens with one attached hydrogen (secondary N) is 3. The van der Waals surface area contributed by atoms with Crippen molar-refractivity contribution < 1.29 is 9.59 Å². The number of carbonyl (C=O) groups is 2. The van der Waals surface area contributed by atoms with Gasteiger partial charge in [0.25, 0.3) is 5.91 Å². The summed E-state index contributed by atoms with van der Waals surface area (Å²) in [6.45, 7) is 6.98. The van der Waals surface area contributed by atoms with E-state index in [1.807, 2.05) is 25.3 Å². The Labute approximate surface area is 147 Å². The van der Waals surface area contributed by atoms with Gasteiger partial charge in [-0.3, -0.25) is 4.79 Å². The summed E-state index contributed by atoms with van der Waals surface area (Å²) in [6.07, 6.45) is 2.50. The molecule has 1 aromatic heterocycles. The van der Waals surface area contributed by atoms with Gasteiger partial charge in [0.2, 0.25) is 0 Å². The van der Waals surface area contributed by atoms with Crippen LogP contribution in [0, 0.1) is 0 Å². The molecule has 0 fully saturated rings. The second-order valence-corrected chi connectivity index (χ2v) is 5.70. The molecular formula is C17H24N6O2. The van der Waals surface area contributed by atoms with Gasteiger partial charge >= 0.3 is 6.03 Å². The first-order chi connectivity index (χ1) is 12.0. The van der Waals surface area contributed by atoms with Crippen LogP contribution in [0.5, 0.6) is 0 Å². The van der Waals surface area contributed by atoms with E-state index in [4.69, 9.17) is 0 Å².